The summed E-state index contributed by atoms with van der Waals surface area (Å²) in [6.07, 6.45) is 2.90. The number of hydrogen-bond acceptors (Lipinski definition) is 4. The summed E-state index contributed by atoms with van der Waals surface area (Å²) < 4.78 is 0. The van der Waals surface area contributed by atoms with Gasteiger partial charge >= 0.3 is 0 Å². The molecular formula is C19H28Cl2N4O. The number of amides is 1. The van der Waals surface area contributed by atoms with Crippen LogP contribution in [-0.4, -0.2) is 24.0 Å². The van der Waals surface area contributed by atoms with E-state index in [9.17, 15) is 4.79 Å². The Morgan fingerprint density at radius 3 is 2.38 bits per heavy atom. The summed E-state index contributed by atoms with van der Waals surface area (Å²) >= 11 is 0. The molecule has 0 spiro atoms. The third-order valence-electron chi connectivity index (χ3n) is 4.06. The first-order valence-electron chi connectivity index (χ1n) is 8.44. The predicted octanol–water partition coefficient (Wildman–Crippen LogP) is 3.60. The quantitative estimate of drug-likeness (QED) is 0.666. The van der Waals surface area contributed by atoms with Crippen LogP contribution in [0.2, 0.25) is 0 Å². The summed E-state index contributed by atoms with van der Waals surface area (Å²) in [5.41, 5.74) is 8.64. The molecule has 0 aliphatic rings. The average molecular weight is 399 g/mol. The smallest absolute Gasteiger partial charge is 0.220 e. The standard InChI is InChI=1S/C19H26N4O.2ClH/c1-3-23(4-2)18-11-9-15(13-21-18)14-22-19(24)12-10-16-7-5-6-8-17(16)20;;/h5-9,11,13H,3-4,10,12,14,20H2,1-2H3,(H,22,24);2*1H. The van der Waals surface area contributed by atoms with Gasteiger partial charge in [-0.15, -0.1) is 24.8 Å². The highest BCUT2D eigenvalue weighted by Crippen LogP contribution is 2.13. The predicted molar refractivity (Wildman–Crippen MR) is 113 cm³/mol. The van der Waals surface area contributed by atoms with Crippen molar-refractivity contribution >= 4 is 42.2 Å². The van der Waals surface area contributed by atoms with Gasteiger partial charge in [0.1, 0.15) is 5.82 Å². The molecular weight excluding hydrogens is 371 g/mol. The molecule has 1 aromatic carbocycles. The molecule has 1 aromatic heterocycles. The molecule has 0 aliphatic heterocycles. The summed E-state index contributed by atoms with van der Waals surface area (Å²) in [6, 6.07) is 11.7. The van der Waals surface area contributed by atoms with E-state index >= 15 is 0 Å². The van der Waals surface area contributed by atoms with E-state index in [2.05, 4.69) is 29.0 Å². The summed E-state index contributed by atoms with van der Waals surface area (Å²) in [7, 11) is 0. The average Bonchev–Trinajstić information content (AvgIpc) is 2.61. The Bertz CT molecular complexity index is 661. The first-order chi connectivity index (χ1) is 11.6. The second-order valence-corrected chi connectivity index (χ2v) is 5.67. The second kappa shape index (κ2) is 12.4. The number of rotatable bonds is 8. The lowest BCUT2D eigenvalue weighted by atomic mass is 10.1. The third-order valence-corrected chi connectivity index (χ3v) is 4.06. The van der Waals surface area contributed by atoms with E-state index < -0.39 is 0 Å². The Morgan fingerprint density at radius 1 is 1.12 bits per heavy atom. The highest BCUT2D eigenvalue weighted by atomic mass is 35.5. The molecule has 0 saturated heterocycles. The van der Waals surface area contributed by atoms with Gasteiger partial charge in [0.05, 0.1) is 0 Å². The minimum Gasteiger partial charge on any atom is -0.399 e. The molecule has 0 radical (unpaired) electrons. The summed E-state index contributed by atoms with van der Waals surface area (Å²) in [4.78, 5) is 18.6. The molecule has 26 heavy (non-hydrogen) atoms. The van der Waals surface area contributed by atoms with Crippen molar-refractivity contribution in [3.05, 3.63) is 53.7 Å². The van der Waals surface area contributed by atoms with Gasteiger partial charge < -0.3 is 16.0 Å². The largest absolute Gasteiger partial charge is 0.399 e. The number of pyridine rings is 1. The van der Waals surface area contributed by atoms with Crippen molar-refractivity contribution < 1.29 is 4.79 Å². The Labute approximate surface area is 168 Å². The zero-order valence-electron chi connectivity index (χ0n) is 15.3. The van der Waals surface area contributed by atoms with Crippen molar-refractivity contribution in [3.8, 4) is 0 Å². The molecule has 2 rings (SSSR count). The number of nitrogens with two attached hydrogens (primary N) is 1. The number of nitrogen functional groups attached to an aromatic ring is 1. The van der Waals surface area contributed by atoms with E-state index in [1.807, 2.05) is 42.6 Å². The van der Waals surface area contributed by atoms with Crippen LogP contribution in [0, 0.1) is 0 Å². The zero-order chi connectivity index (χ0) is 17.4. The maximum Gasteiger partial charge on any atom is 0.220 e. The van der Waals surface area contributed by atoms with Gasteiger partial charge in [0.15, 0.2) is 0 Å². The van der Waals surface area contributed by atoms with Crippen molar-refractivity contribution in [3.63, 3.8) is 0 Å². The fourth-order valence-electron chi connectivity index (χ4n) is 2.56. The number of nitrogens with zero attached hydrogens (tertiary/aromatic N) is 2. The monoisotopic (exact) mass is 398 g/mol. The van der Waals surface area contributed by atoms with Crippen LogP contribution < -0.4 is 16.0 Å². The summed E-state index contributed by atoms with van der Waals surface area (Å²) in [6.45, 7) is 6.58. The first kappa shape index (κ1) is 24.0. The molecule has 1 amide bonds. The van der Waals surface area contributed by atoms with E-state index in [-0.39, 0.29) is 30.7 Å². The fraction of sp³-hybridized carbons (Fsp3) is 0.368. The topological polar surface area (TPSA) is 71.2 Å². The highest BCUT2D eigenvalue weighted by Gasteiger charge is 2.06. The van der Waals surface area contributed by atoms with Crippen LogP contribution in [0.1, 0.15) is 31.4 Å². The van der Waals surface area contributed by atoms with Crippen LogP contribution in [-0.2, 0) is 17.8 Å². The minimum atomic E-state index is 0. The summed E-state index contributed by atoms with van der Waals surface area (Å²) in [5, 5.41) is 2.93. The molecule has 0 atom stereocenters. The van der Waals surface area contributed by atoms with Gasteiger partial charge in [0.2, 0.25) is 5.91 Å². The van der Waals surface area contributed by atoms with E-state index in [0.29, 0.717) is 19.4 Å². The molecule has 144 valence electrons. The zero-order valence-corrected chi connectivity index (χ0v) is 16.9. The molecule has 1 heterocycles. The second-order valence-electron chi connectivity index (χ2n) is 5.67. The lowest BCUT2D eigenvalue weighted by molar-refractivity contribution is -0.121. The number of carbonyl (C=O) groups excluding carboxylic acids is 1. The van der Waals surface area contributed by atoms with Gasteiger partial charge in [-0.2, -0.15) is 0 Å². The van der Waals surface area contributed by atoms with Crippen LogP contribution in [0.15, 0.2) is 42.6 Å². The van der Waals surface area contributed by atoms with Crippen molar-refractivity contribution in [2.45, 2.75) is 33.2 Å². The number of anilines is 2. The molecule has 3 N–H and O–H groups in total. The molecule has 0 fully saturated rings. The minimum absolute atomic E-state index is 0. The lowest BCUT2D eigenvalue weighted by Crippen LogP contribution is -2.24. The first-order valence-corrected chi connectivity index (χ1v) is 8.44. The molecule has 0 saturated carbocycles. The molecule has 7 heteroatoms. The van der Waals surface area contributed by atoms with Crippen LogP contribution in [0.3, 0.4) is 0 Å². The van der Waals surface area contributed by atoms with Crippen molar-refractivity contribution in [2.24, 2.45) is 0 Å². The maximum atomic E-state index is 12.0. The molecule has 0 unspecified atom stereocenters. The fourth-order valence-corrected chi connectivity index (χ4v) is 2.56. The Kier molecular flexibility index (Phi) is 11.4. The van der Waals surface area contributed by atoms with E-state index in [1.54, 1.807) is 0 Å². The molecule has 2 aromatic rings. The van der Waals surface area contributed by atoms with Crippen LogP contribution in [0.25, 0.3) is 0 Å². The number of hydrogen-bond donors (Lipinski definition) is 2. The molecule has 0 aliphatic carbocycles. The van der Waals surface area contributed by atoms with Crippen molar-refractivity contribution in [2.75, 3.05) is 23.7 Å². The van der Waals surface area contributed by atoms with Gasteiger partial charge in [-0.25, -0.2) is 4.98 Å². The van der Waals surface area contributed by atoms with Gasteiger partial charge in [0, 0.05) is 37.9 Å². The number of benzene rings is 1. The van der Waals surface area contributed by atoms with Crippen LogP contribution in [0.4, 0.5) is 11.5 Å². The van der Waals surface area contributed by atoms with Gasteiger partial charge in [-0.1, -0.05) is 24.3 Å². The van der Waals surface area contributed by atoms with E-state index in [1.165, 1.54) is 0 Å². The number of aromatic nitrogens is 1. The van der Waals surface area contributed by atoms with Crippen LogP contribution in [0.5, 0.6) is 0 Å². The van der Waals surface area contributed by atoms with E-state index in [0.717, 1.165) is 35.7 Å². The molecule has 0 bridgehead atoms. The summed E-state index contributed by atoms with van der Waals surface area (Å²) in [5.74, 6) is 0.987. The lowest BCUT2D eigenvalue weighted by Gasteiger charge is -2.19. The Hall–Kier alpha value is -1.98. The van der Waals surface area contributed by atoms with Gasteiger partial charge in [0.25, 0.3) is 0 Å². The Balaban J connectivity index is 0.00000312. The van der Waals surface area contributed by atoms with Crippen molar-refractivity contribution in [1.82, 2.24) is 10.3 Å². The number of nitrogens with one attached hydrogen (secondary N) is 1. The maximum absolute atomic E-state index is 12.0. The van der Waals surface area contributed by atoms with E-state index in [4.69, 9.17) is 5.73 Å². The SMILES string of the molecule is CCN(CC)c1ccc(CNC(=O)CCc2ccccc2N)cn1.Cl.Cl. The van der Waals surface area contributed by atoms with Gasteiger partial charge in [-0.05, 0) is 43.5 Å². The number of carbonyl (C=O) groups is 1. The highest BCUT2D eigenvalue weighted by molar-refractivity contribution is 5.85. The number of aryl methyl sites for hydroxylation is 1. The van der Waals surface area contributed by atoms with Crippen LogP contribution >= 0.6 is 24.8 Å². The third kappa shape index (κ3) is 7.10. The molecule has 5 nitrogen and oxygen atoms in total. The van der Waals surface area contributed by atoms with Crippen molar-refractivity contribution in [1.29, 1.82) is 0 Å². The Morgan fingerprint density at radius 2 is 1.81 bits per heavy atom. The van der Waals surface area contributed by atoms with Gasteiger partial charge in [-0.3, -0.25) is 4.79 Å². The normalized spacial score (nSPS) is 9.62. The number of para-hydroxylation sites is 1. The number of halogens is 2.